The number of ether oxygens (including phenoxy) is 1. The molecule has 2 aliphatic heterocycles. The van der Waals surface area contributed by atoms with Crippen LogP contribution in [-0.4, -0.2) is 53.5 Å². The highest BCUT2D eigenvalue weighted by molar-refractivity contribution is 6.11. The molecule has 0 radical (unpaired) electrons. The number of amides is 2. The van der Waals surface area contributed by atoms with E-state index in [1.165, 1.54) is 6.92 Å². The van der Waals surface area contributed by atoms with Crippen LogP contribution in [0.15, 0.2) is 36.7 Å². The Kier molecular flexibility index (Phi) is 6.40. The zero-order valence-electron chi connectivity index (χ0n) is 18.2. The van der Waals surface area contributed by atoms with E-state index in [1.807, 2.05) is 4.90 Å². The van der Waals surface area contributed by atoms with E-state index >= 15 is 0 Å². The van der Waals surface area contributed by atoms with Gasteiger partial charge in [0.2, 0.25) is 11.9 Å². The van der Waals surface area contributed by atoms with E-state index in [4.69, 9.17) is 4.74 Å². The lowest BCUT2D eigenvalue weighted by molar-refractivity contribution is -0.158. The molecule has 1 fully saturated rings. The summed E-state index contributed by atoms with van der Waals surface area (Å²) in [5.74, 6) is -1.72. The lowest BCUT2D eigenvalue weighted by atomic mass is 9.97. The van der Waals surface area contributed by atoms with Crippen LogP contribution in [0.5, 0.6) is 0 Å². The van der Waals surface area contributed by atoms with Gasteiger partial charge in [-0.05, 0) is 44.0 Å². The number of halogens is 3. The van der Waals surface area contributed by atoms with E-state index in [2.05, 4.69) is 15.3 Å². The fourth-order valence-electron chi connectivity index (χ4n) is 3.97. The Bertz CT molecular complexity index is 1090. The van der Waals surface area contributed by atoms with Gasteiger partial charge in [-0.3, -0.25) is 19.3 Å². The number of anilines is 3. The molecule has 0 saturated carbocycles. The molecule has 2 aromatic rings. The number of piperidine rings is 1. The summed E-state index contributed by atoms with van der Waals surface area (Å²) in [6, 6.07) is 4.43. The van der Waals surface area contributed by atoms with Gasteiger partial charge in [-0.1, -0.05) is 0 Å². The summed E-state index contributed by atoms with van der Waals surface area (Å²) in [7, 11) is 0. The van der Waals surface area contributed by atoms with Gasteiger partial charge < -0.3 is 15.0 Å². The predicted octanol–water partition coefficient (Wildman–Crippen LogP) is 2.63. The molecule has 3 heterocycles. The number of nitrogens with zero attached hydrogens (tertiary/aromatic N) is 4. The number of nitrogens with one attached hydrogen (secondary N) is 1. The van der Waals surface area contributed by atoms with E-state index in [1.54, 1.807) is 18.5 Å². The maximum Gasteiger partial charge on any atom is 0.416 e. The van der Waals surface area contributed by atoms with Crippen molar-refractivity contribution in [1.29, 1.82) is 0 Å². The largest absolute Gasteiger partial charge is 0.452 e. The molecule has 12 heteroatoms. The number of hydrogen-bond donors (Lipinski definition) is 1. The quantitative estimate of drug-likeness (QED) is 0.675. The number of carbonyl (C=O) groups is 3. The van der Waals surface area contributed by atoms with Gasteiger partial charge in [0.15, 0.2) is 6.10 Å². The minimum Gasteiger partial charge on any atom is -0.452 e. The van der Waals surface area contributed by atoms with Gasteiger partial charge in [0.05, 0.1) is 22.9 Å². The van der Waals surface area contributed by atoms with Crippen molar-refractivity contribution in [2.45, 2.75) is 32.0 Å². The van der Waals surface area contributed by atoms with Crippen molar-refractivity contribution in [2.24, 2.45) is 5.92 Å². The van der Waals surface area contributed by atoms with Gasteiger partial charge in [-0.25, -0.2) is 9.97 Å². The highest BCUT2D eigenvalue weighted by Crippen LogP contribution is 2.37. The number of rotatable bonds is 4. The standard InChI is InChI=1S/C22H22F3N5O4/c1-13(34-20(33)14-5-9-29(10-6-14)21-26-7-2-8-27-21)19(32)30-12-18(31)28-16-11-15(22(23,24)25)3-4-17(16)30/h2-4,7-8,11,13-14H,5-6,9-10,12H2,1H3,(H,28,31). The Hall–Kier alpha value is -3.70. The summed E-state index contributed by atoms with van der Waals surface area (Å²) in [6.07, 6.45) is -1.56. The number of benzene rings is 1. The second-order valence-corrected chi connectivity index (χ2v) is 8.09. The van der Waals surface area contributed by atoms with Crippen LogP contribution in [0.25, 0.3) is 0 Å². The van der Waals surface area contributed by atoms with E-state index in [0.29, 0.717) is 31.9 Å². The van der Waals surface area contributed by atoms with Gasteiger partial charge in [-0.2, -0.15) is 13.2 Å². The first-order valence-electron chi connectivity index (χ1n) is 10.7. The Morgan fingerprint density at radius 3 is 2.50 bits per heavy atom. The molecule has 1 saturated heterocycles. The first-order chi connectivity index (χ1) is 16.1. The summed E-state index contributed by atoms with van der Waals surface area (Å²) in [4.78, 5) is 49.0. The lowest BCUT2D eigenvalue weighted by Crippen LogP contribution is -2.47. The molecule has 1 N–H and O–H groups in total. The number of alkyl halides is 3. The molecule has 1 aromatic heterocycles. The van der Waals surface area contributed by atoms with Crippen molar-refractivity contribution in [3.8, 4) is 0 Å². The average molecular weight is 477 g/mol. The molecule has 2 amide bonds. The van der Waals surface area contributed by atoms with Crippen LogP contribution in [0.3, 0.4) is 0 Å². The van der Waals surface area contributed by atoms with Crippen molar-refractivity contribution in [3.63, 3.8) is 0 Å². The molecule has 34 heavy (non-hydrogen) atoms. The highest BCUT2D eigenvalue weighted by Gasteiger charge is 2.36. The number of fused-ring (bicyclic) bond motifs is 1. The van der Waals surface area contributed by atoms with E-state index < -0.39 is 48.1 Å². The van der Waals surface area contributed by atoms with E-state index in [0.717, 1.165) is 23.1 Å². The molecule has 9 nitrogen and oxygen atoms in total. The maximum absolute atomic E-state index is 13.0. The highest BCUT2D eigenvalue weighted by atomic mass is 19.4. The van der Waals surface area contributed by atoms with Crippen LogP contribution in [0, 0.1) is 5.92 Å². The van der Waals surface area contributed by atoms with Crippen LogP contribution in [0.1, 0.15) is 25.3 Å². The molecule has 0 aliphatic carbocycles. The Morgan fingerprint density at radius 1 is 1.18 bits per heavy atom. The van der Waals surface area contributed by atoms with Gasteiger partial charge in [0.25, 0.3) is 5.91 Å². The van der Waals surface area contributed by atoms with Crippen LogP contribution in [-0.2, 0) is 25.3 Å². The van der Waals surface area contributed by atoms with Crippen LogP contribution < -0.4 is 15.1 Å². The molecule has 1 aromatic carbocycles. The predicted molar refractivity (Wildman–Crippen MR) is 115 cm³/mol. The van der Waals surface area contributed by atoms with Gasteiger partial charge in [-0.15, -0.1) is 0 Å². The number of esters is 1. The first-order valence-corrected chi connectivity index (χ1v) is 10.7. The zero-order chi connectivity index (χ0) is 24.5. The van der Waals surface area contributed by atoms with Crippen molar-refractivity contribution in [1.82, 2.24) is 9.97 Å². The third kappa shape index (κ3) is 4.95. The molecule has 2 aliphatic rings. The second kappa shape index (κ2) is 9.27. The fourth-order valence-corrected chi connectivity index (χ4v) is 3.97. The van der Waals surface area contributed by atoms with Gasteiger partial charge in [0, 0.05) is 25.5 Å². The van der Waals surface area contributed by atoms with Crippen LogP contribution in [0.4, 0.5) is 30.5 Å². The topological polar surface area (TPSA) is 105 Å². The van der Waals surface area contributed by atoms with Gasteiger partial charge in [0.1, 0.15) is 6.54 Å². The van der Waals surface area contributed by atoms with Crippen molar-refractivity contribution in [3.05, 3.63) is 42.2 Å². The minimum absolute atomic E-state index is 0.108. The Morgan fingerprint density at radius 2 is 1.85 bits per heavy atom. The van der Waals surface area contributed by atoms with Crippen molar-refractivity contribution < 1.29 is 32.3 Å². The van der Waals surface area contributed by atoms with Crippen molar-refractivity contribution >= 4 is 35.1 Å². The second-order valence-electron chi connectivity index (χ2n) is 8.09. The van der Waals surface area contributed by atoms with E-state index in [9.17, 15) is 27.6 Å². The summed E-state index contributed by atoms with van der Waals surface area (Å²) >= 11 is 0. The van der Waals surface area contributed by atoms with Gasteiger partial charge >= 0.3 is 12.1 Å². The van der Waals surface area contributed by atoms with E-state index in [-0.39, 0.29) is 11.4 Å². The third-order valence-corrected chi connectivity index (χ3v) is 5.76. The maximum atomic E-state index is 13.0. The smallest absolute Gasteiger partial charge is 0.416 e. The molecular formula is C22H22F3N5O4. The molecule has 4 rings (SSSR count). The number of hydrogen-bond acceptors (Lipinski definition) is 7. The molecule has 0 bridgehead atoms. The third-order valence-electron chi connectivity index (χ3n) is 5.76. The Labute approximate surface area is 192 Å². The summed E-state index contributed by atoms with van der Waals surface area (Å²) in [5.41, 5.74) is -0.974. The summed E-state index contributed by atoms with van der Waals surface area (Å²) in [5, 5.41) is 2.35. The number of carbonyl (C=O) groups excluding carboxylic acids is 3. The summed E-state index contributed by atoms with van der Waals surface area (Å²) in [6.45, 7) is 2.08. The zero-order valence-corrected chi connectivity index (χ0v) is 18.2. The lowest BCUT2D eigenvalue weighted by Gasteiger charge is -2.33. The molecule has 180 valence electrons. The SMILES string of the molecule is CC(OC(=O)C1CCN(c2ncccn2)CC1)C(=O)N1CC(=O)Nc2cc(C(F)(F)F)ccc21. The minimum atomic E-state index is -4.60. The Balaban J connectivity index is 1.39. The summed E-state index contributed by atoms with van der Waals surface area (Å²) < 4.78 is 44.4. The van der Waals surface area contributed by atoms with Crippen LogP contribution >= 0.6 is 0 Å². The molecule has 1 atom stereocenters. The fraction of sp³-hybridized carbons (Fsp3) is 0.409. The van der Waals surface area contributed by atoms with Crippen LogP contribution in [0.2, 0.25) is 0 Å². The average Bonchev–Trinajstić information content (AvgIpc) is 2.82. The molecular weight excluding hydrogens is 455 g/mol. The van der Waals surface area contributed by atoms with Crippen molar-refractivity contribution in [2.75, 3.05) is 34.8 Å². The monoisotopic (exact) mass is 477 g/mol. The number of aromatic nitrogens is 2. The molecule has 1 unspecified atom stereocenters. The first kappa shape index (κ1) is 23.5. The normalized spacial score (nSPS) is 17.6. The molecule has 0 spiro atoms.